The molecule has 0 radical (unpaired) electrons. The molecule has 1 amide bonds. The third-order valence-corrected chi connectivity index (χ3v) is 4.32. The van der Waals surface area contributed by atoms with Gasteiger partial charge in [0.05, 0.1) is 16.9 Å². The lowest BCUT2D eigenvalue weighted by molar-refractivity contribution is 0.0785. The molecule has 0 unspecified atom stereocenters. The van der Waals surface area contributed by atoms with E-state index >= 15 is 0 Å². The predicted molar refractivity (Wildman–Crippen MR) is 91.3 cm³/mol. The quantitative estimate of drug-likeness (QED) is 0.740. The van der Waals surface area contributed by atoms with Crippen molar-refractivity contribution in [1.82, 2.24) is 19.7 Å². The Bertz CT molecular complexity index is 836. The molecule has 0 bridgehead atoms. The normalized spacial score (nSPS) is 10.7. The van der Waals surface area contributed by atoms with E-state index in [0.29, 0.717) is 12.1 Å². The summed E-state index contributed by atoms with van der Waals surface area (Å²) in [5, 5.41) is 7.16. The number of hydrogen-bond acceptors (Lipinski definition) is 4. The lowest BCUT2D eigenvalue weighted by Crippen LogP contribution is -2.26. The van der Waals surface area contributed by atoms with Crippen LogP contribution in [-0.2, 0) is 13.6 Å². The first-order valence-electron chi connectivity index (χ1n) is 7.28. The van der Waals surface area contributed by atoms with Crippen LogP contribution in [0.25, 0.3) is 11.3 Å². The Morgan fingerprint density at radius 2 is 2.22 bits per heavy atom. The Morgan fingerprint density at radius 3 is 2.87 bits per heavy atom. The van der Waals surface area contributed by atoms with Crippen molar-refractivity contribution in [1.29, 1.82) is 0 Å². The molecule has 2 aromatic heterocycles. The summed E-state index contributed by atoms with van der Waals surface area (Å²) in [6.45, 7) is 2.51. The molecule has 0 saturated carbocycles. The number of benzene rings is 1. The highest BCUT2D eigenvalue weighted by Gasteiger charge is 2.14. The van der Waals surface area contributed by atoms with Gasteiger partial charge in [0.25, 0.3) is 5.91 Å². The highest BCUT2D eigenvalue weighted by atomic mass is 32.1. The second kappa shape index (κ2) is 6.34. The zero-order valence-electron chi connectivity index (χ0n) is 13.4. The maximum absolute atomic E-state index is 12.6. The Labute approximate surface area is 139 Å². The molecule has 3 aromatic rings. The van der Waals surface area contributed by atoms with Crippen LogP contribution in [0.1, 0.15) is 20.9 Å². The van der Waals surface area contributed by atoms with Gasteiger partial charge in [0.15, 0.2) is 0 Å². The first-order chi connectivity index (χ1) is 11.0. The molecule has 0 saturated heterocycles. The first kappa shape index (κ1) is 15.4. The number of thiazole rings is 1. The van der Waals surface area contributed by atoms with Crippen LogP contribution in [-0.4, -0.2) is 32.6 Å². The van der Waals surface area contributed by atoms with Gasteiger partial charge in [-0.1, -0.05) is 12.1 Å². The summed E-state index contributed by atoms with van der Waals surface area (Å²) in [6.07, 6.45) is 3.69. The van der Waals surface area contributed by atoms with Gasteiger partial charge in [0.1, 0.15) is 0 Å². The zero-order valence-corrected chi connectivity index (χ0v) is 14.2. The Balaban J connectivity index is 1.79. The summed E-state index contributed by atoms with van der Waals surface area (Å²) < 4.78 is 1.73. The van der Waals surface area contributed by atoms with Gasteiger partial charge in [-0.15, -0.1) is 11.3 Å². The monoisotopic (exact) mass is 326 g/mol. The van der Waals surface area contributed by atoms with E-state index in [4.69, 9.17) is 0 Å². The SMILES string of the molecule is Cc1nc(-c2cccc(C(=O)N(C)Cc3cnn(C)c3)c2)cs1. The summed E-state index contributed by atoms with van der Waals surface area (Å²) in [7, 11) is 3.67. The highest BCUT2D eigenvalue weighted by Crippen LogP contribution is 2.23. The van der Waals surface area contributed by atoms with Crippen LogP contribution < -0.4 is 0 Å². The molecule has 2 heterocycles. The van der Waals surface area contributed by atoms with Crippen molar-refractivity contribution in [3.8, 4) is 11.3 Å². The van der Waals surface area contributed by atoms with E-state index in [2.05, 4.69) is 10.1 Å². The van der Waals surface area contributed by atoms with Crippen molar-refractivity contribution < 1.29 is 4.79 Å². The molecule has 3 rings (SSSR count). The van der Waals surface area contributed by atoms with Crippen LogP contribution >= 0.6 is 11.3 Å². The van der Waals surface area contributed by atoms with Crippen molar-refractivity contribution >= 4 is 17.2 Å². The van der Waals surface area contributed by atoms with Crippen LogP contribution in [0.15, 0.2) is 42.0 Å². The van der Waals surface area contributed by atoms with Gasteiger partial charge >= 0.3 is 0 Å². The molecule has 0 aliphatic heterocycles. The average Bonchev–Trinajstić information content (AvgIpc) is 3.15. The molecule has 0 N–H and O–H groups in total. The molecule has 23 heavy (non-hydrogen) atoms. The lowest BCUT2D eigenvalue weighted by Gasteiger charge is -2.16. The summed E-state index contributed by atoms with van der Waals surface area (Å²) in [4.78, 5) is 18.8. The van der Waals surface area contributed by atoms with Crippen molar-refractivity contribution in [2.24, 2.45) is 7.05 Å². The average molecular weight is 326 g/mol. The minimum Gasteiger partial charge on any atom is -0.337 e. The van der Waals surface area contributed by atoms with Gasteiger partial charge in [0, 0.05) is 48.9 Å². The molecule has 6 heteroatoms. The zero-order chi connectivity index (χ0) is 16.4. The summed E-state index contributed by atoms with van der Waals surface area (Å²) >= 11 is 1.61. The number of carbonyl (C=O) groups is 1. The van der Waals surface area contributed by atoms with Gasteiger partial charge < -0.3 is 4.90 Å². The number of amides is 1. The van der Waals surface area contributed by atoms with E-state index in [0.717, 1.165) is 21.8 Å². The van der Waals surface area contributed by atoms with Crippen molar-refractivity contribution in [3.05, 3.63) is 58.2 Å². The van der Waals surface area contributed by atoms with E-state index in [1.54, 1.807) is 34.2 Å². The summed E-state index contributed by atoms with van der Waals surface area (Å²) in [5.74, 6) is -0.0114. The van der Waals surface area contributed by atoms with Crippen molar-refractivity contribution in [2.75, 3.05) is 7.05 Å². The number of hydrogen-bond donors (Lipinski definition) is 0. The van der Waals surface area contributed by atoms with E-state index in [9.17, 15) is 4.79 Å². The minimum absolute atomic E-state index is 0.0114. The van der Waals surface area contributed by atoms with Crippen LogP contribution in [0.2, 0.25) is 0 Å². The highest BCUT2D eigenvalue weighted by molar-refractivity contribution is 7.09. The van der Waals surface area contributed by atoms with Gasteiger partial charge in [-0.25, -0.2) is 4.98 Å². The van der Waals surface area contributed by atoms with Crippen LogP contribution in [0.4, 0.5) is 0 Å². The molecule has 0 aliphatic carbocycles. The van der Waals surface area contributed by atoms with Gasteiger partial charge in [0.2, 0.25) is 0 Å². The topological polar surface area (TPSA) is 51.0 Å². The summed E-state index contributed by atoms with van der Waals surface area (Å²) in [5.41, 5.74) is 3.56. The van der Waals surface area contributed by atoms with Crippen molar-refractivity contribution in [3.63, 3.8) is 0 Å². The molecule has 0 spiro atoms. The Morgan fingerprint density at radius 1 is 1.39 bits per heavy atom. The smallest absolute Gasteiger partial charge is 0.253 e. The maximum Gasteiger partial charge on any atom is 0.253 e. The molecule has 0 fully saturated rings. The van der Waals surface area contributed by atoms with Crippen LogP contribution in [0.5, 0.6) is 0 Å². The molecular formula is C17H18N4OS. The molecule has 5 nitrogen and oxygen atoms in total. The van der Waals surface area contributed by atoms with Crippen LogP contribution in [0, 0.1) is 6.92 Å². The lowest BCUT2D eigenvalue weighted by atomic mass is 10.1. The summed E-state index contributed by atoms with van der Waals surface area (Å²) in [6, 6.07) is 7.61. The molecule has 0 aliphatic rings. The van der Waals surface area contributed by atoms with Crippen molar-refractivity contribution in [2.45, 2.75) is 13.5 Å². The first-order valence-corrected chi connectivity index (χ1v) is 8.16. The molecule has 0 atom stereocenters. The fourth-order valence-electron chi connectivity index (χ4n) is 2.43. The standard InChI is InChI=1S/C17H18N4OS/c1-12-19-16(11-23-12)14-5-4-6-15(7-14)17(22)20(2)9-13-8-18-21(3)10-13/h4-8,10-11H,9H2,1-3H3. The van der Waals surface area contributed by atoms with Crippen LogP contribution in [0.3, 0.4) is 0 Å². The van der Waals surface area contributed by atoms with Gasteiger partial charge in [-0.3, -0.25) is 9.48 Å². The van der Waals surface area contributed by atoms with E-state index in [1.165, 1.54) is 0 Å². The minimum atomic E-state index is -0.0114. The number of aryl methyl sites for hydroxylation is 2. The maximum atomic E-state index is 12.6. The number of aromatic nitrogens is 3. The number of nitrogens with zero attached hydrogens (tertiary/aromatic N) is 4. The van der Waals surface area contributed by atoms with E-state index in [1.807, 2.05) is 49.8 Å². The third kappa shape index (κ3) is 3.48. The second-order valence-electron chi connectivity index (χ2n) is 5.52. The predicted octanol–water partition coefficient (Wildman–Crippen LogP) is 3.12. The van der Waals surface area contributed by atoms with E-state index < -0.39 is 0 Å². The van der Waals surface area contributed by atoms with Gasteiger partial charge in [-0.2, -0.15) is 5.10 Å². The van der Waals surface area contributed by atoms with Gasteiger partial charge in [-0.05, 0) is 19.1 Å². The molecular weight excluding hydrogens is 308 g/mol. The fraction of sp³-hybridized carbons (Fsp3) is 0.235. The van der Waals surface area contributed by atoms with E-state index in [-0.39, 0.29) is 5.91 Å². The third-order valence-electron chi connectivity index (χ3n) is 3.55. The largest absolute Gasteiger partial charge is 0.337 e. The Kier molecular flexibility index (Phi) is 4.25. The second-order valence-corrected chi connectivity index (χ2v) is 6.58. The fourth-order valence-corrected chi connectivity index (χ4v) is 3.05. The number of carbonyl (C=O) groups excluding carboxylic acids is 1. The Hall–Kier alpha value is -2.47. The number of rotatable bonds is 4. The molecule has 1 aromatic carbocycles. The molecule has 118 valence electrons.